The molecule has 0 aliphatic carbocycles. The van der Waals surface area contributed by atoms with E-state index < -0.39 is 0 Å². The number of nitrogens with zero attached hydrogens (tertiary/aromatic N) is 1. The molecule has 0 amide bonds. The molecule has 0 saturated heterocycles. The maximum atomic E-state index is 13.0. The van der Waals surface area contributed by atoms with Gasteiger partial charge in [0.1, 0.15) is 11.6 Å². The van der Waals surface area contributed by atoms with Gasteiger partial charge in [0.05, 0.1) is 11.3 Å². The number of hydrogen-bond donors (Lipinski definition) is 1. The topological polar surface area (TPSA) is 52.0 Å². The van der Waals surface area contributed by atoms with E-state index in [2.05, 4.69) is 4.98 Å². The molecule has 0 saturated carbocycles. The van der Waals surface area contributed by atoms with E-state index in [9.17, 15) is 4.39 Å². The van der Waals surface area contributed by atoms with Crippen molar-refractivity contribution in [2.45, 2.75) is 13.8 Å². The highest BCUT2D eigenvalue weighted by atomic mass is 19.1. The molecule has 78 valence electrons. The van der Waals surface area contributed by atoms with E-state index in [1.807, 2.05) is 6.92 Å². The van der Waals surface area contributed by atoms with Gasteiger partial charge in [0.2, 0.25) is 5.89 Å². The van der Waals surface area contributed by atoms with E-state index in [-0.39, 0.29) is 5.82 Å². The van der Waals surface area contributed by atoms with Crippen molar-refractivity contribution in [1.82, 2.24) is 4.98 Å². The number of oxazole rings is 1. The van der Waals surface area contributed by atoms with Crippen molar-refractivity contribution in [1.29, 1.82) is 0 Å². The zero-order valence-electron chi connectivity index (χ0n) is 8.54. The predicted molar refractivity (Wildman–Crippen MR) is 55.8 cm³/mol. The van der Waals surface area contributed by atoms with Gasteiger partial charge < -0.3 is 10.2 Å². The van der Waals surface area contributed by atoms with Crippen molar-refractivity contribution < 1.29 is 8.81 Å². The molecule has 0 radical (unpaired) electrons. The number of nitrogen functional groups attached to an aromatic ring is 1. The molecule has 1 aromatic carbocycles. The number of rotatable bonds is 1. The van der Waals surface area contributed by atoms with E-state index in [0.29, 0.717) is 22.9 Å². The van der Waals surface area contributed by atoms with E-state index in [1.54, 1.807) is 6.92 Å². The molecule has 1 aromatic heterocycles. The van der Waals surface area contributed by atoms with Crippen LogP contribution in [0.1, 0.15) is 11.5 Å². The molecule has 4 heteroatoms. The number of aromatic nitrogens is 1. The van der Waals surface area contributed by atoms with Gasteiger partial charge >= 0.3 is 0 Å². The lowest BCUT2D eigenvalue weighted by atomic mass is 10.2. The van der Waals surface area contributed by atoms with Gasteiger partial charge in [-0.3, -0.25) is 0 Å². The second kappa shape index (κ2) is 3.38. The monoisotopic (exact) mass is 206 g/mol. The largest absolute Gasteiger partial charge is 0.441 e. The van der Waals surface area contributed by atoms with Gasteiger partial charge in [-0.05, 0) is 32.0 Å². The van der Waals surface area contributed by atoms with Crippen molar-refractivity contribution in [2.24, 2.45) is 0 Å². The summed E-state index contributed by atoms with van der Waals surface area (Å²) in [5, 5.41) is 0. The number of hydrogen-bond acceptors (Lipinski definition) is 3. The molecule has 0 atom stereocenters. The van der Waals surface area contributed by atoms with Gasteiger partial charge in [0.15, 0.2) is 0 Å². The minimum Gasteiger partial charge on any atom is -0.441 e. The Kier molecular flexibility index (Phi) is 2.19. The molecular weight excluding hydrogens is 195 g/mol. The molecule has 15 heavy (non-hydrogen) atoms. The quantitative estimate of drug-likeness (QED) is 0.730. The first-order chi connectivity index (χ1) is 7.08. The highest BCUT2D eigenvalue weighted by molar-refractivity contribution is 5.70. The number of benzene rings is 1. The third-order valence-corrected chi connectivity index (χ3v) is 2.27. The summed E-state index contributed by atoms with van der Waals surface area (Å²) in [6.45, 7) is 3.64. The third kappa shape index (κ3) is 1.70. The van der Waals surface area contributed by atoms with E-state index in [0.717, 1.165) is 5.69 Å². The van der Waals surface area contributed by atoms with Gasteiger partial charge in [-0.2, -0.15) is 0 Å². The van der Waals surface area contributed by atoms with Crippen LogP contribution in [0.15, 0.2) is 22.6 Å². The van der Waals surface area contributed by atoms with Crippen LogP contribution in [0.3, 0.4) is 0 Å². The Hall–Kier alpha value is -1.84. The Morgan fingerprint density at radius 2 is 2.07 bits per heavy atom. The fourth-order valence-electron chi connectivity index (χ4n) is 1.30. The van der Waals surface area contributed by atoms with Crippen molar-refractivity contribution in [2.75, 3.05) is 5.73 Å². The number of aryl methyl sites for hydroxylation is 2. The molecule has 0 unspecified atom stereocenters. The lowest BCUT2D eigenvalue weighted by Gasteiger charge is -2.00. The molecule has 0 bridgehead atoms. The molecule has 0 aliphatic rings. The van der Waals surface area contributed by atoms with Gasteiger partial charge in [0.25, 0.3) is 0 Å². The van der Waals surface area contributed by atoms with Crippen LogP contribution >= 0.6 is 0 Å². The van der Waals surface area contributed by atoms with E-state index >= 15 is 0 Å². The Labute approximate surface area is 86.7 Å². The third-order valence-electron chi connectivity index (χ3n) is 2.27. The summed E-state index contributed by atoms with van der Waals surface area (Å²) >= 11 is 0. The molecule has 0 aliphatic heterocycles. The highest BCUT2D eigenvalue weighted by Gasteiger charge is 2.11. The SMILES string of the molecule is Cc1nc(-c2cc(F)ccc2N)oc1C. The average Bonchev–Trinajstić information content (AvgIpc) is 2.51. The van der Waals surface area contributed by atoms with Gasteiger partial charge in [-0.15, -0.1) is 0 Å². The Balaban J connectivity index is 2.58. The van der Waals surface area contributed by atoms with Gasteiger partial charge in [-0.1, -0.05) is 0 Å². The lowest BCUT2D eigenvalue weighted by molar-refractivity contribution is 0.540. The summed E-state index contributed by atoms with van der Waals surface area (Å²) in [6, 6.07) is 4.13. The molecule has 2 N–H and O–H groups in total. The maximum Gasteiger partial charge on any atom is 0.228 e. The van der Waals surface area contributed by atoms with Crippen LogP contribution in [0.4, 0.5) is 10.1 Å². The van der Waals surface area contributed by atoms with Crippen LogP contribution in [-0.2, 0) is 0 Å². The first-order valence-electron chi connectivity index (χ1n) is 4.57. The Bertz CT molecular complexity index is 486. The van der Waals surface area contributed by atoms with E-state index in [4.69, 9.17) is 10.2 Å². The van der Waals surface area contributed by atoms with Crippen LogP contribution in [0.5, 0.6) is 0 Å². The molecule has 0 fully saturated rings. The average molecular weight is 206 g/mol. The summed E-state index contributed by atoms with van der Waals surface area (Å²) in [7, 11) is 0. The lowest BCUT2D eigenvalue weighted by Crippen LogP contribution is -1.91. The molecular formula is C11H11FN2O. The Morgan fingerprint density at radius 1 is 1.33 bits per heavy atom. The first kappa shape index (κ1) is 9.71. The number of halogens is 1. The van der Waals surface area contributed by atoms with Gasteiger partial charge in [0, 0.05) is 5.69 Å². The van der Waals surface area contributed by atoms with Crippen LogP contribution in [0.2, 0.25) is 0 Å². The first-order valence-corrected chi connectivity index (χ1v) is 4.57. The minimum atomic E-state index is -0.354. The maximum absolute atomic E-state index is 13.0. The van der Waals surface area contributed by atoms with Crippen molar-refractivity contribution >= 4 is 5.69 Å². The summed E-state index contributed by atoms with van der Waals surface area (Å²) in [6.07, 6.45) is 0. The smallest absolute Gasteiger partial charge is 0.228 e. The van der Waals surface area contributed by atoms with Crippen molar-refractivity contribution in [3.63, 3.8) is 0 Å². The van der Waals surface area contributed by atoms with Crippen molar-refractivity contribution in [3.8, 4) is 11.5 Å². The van der Waals surface area contributed by atoms with Crippen molar-refractivity contribution in [3.05, 3.63) is 35.5 Å². The summed E-state index contributed by atoms with van der Waals surface area (Å²) < 4.78 is 18.4. The normalized spacial score (nSPS) is 10.6. The number of nitrogens with two attached hydrogens (primary N) is 1. The fourth-order valence-corrected chi connectivity index (χ4v) is 1.30. The molecule has 2 rings (SSSR count). The molecule has 1 heterocycles. The second-order valence-corrected chi connectivity index (χ2v) is 3.39. The molecule has 3 nitrogen and oxygen atoms in total. The minimum absolute atomic E-state index is 0.354. The summed E-state index contributed by atoms with van der Waals surface area (Å²) in [5.41, 5.74) is 7.45. The zero-order chi connectivity index (χ0) is 11.0. The highest BCUT2D eigenvalue weighted by Crippen LogP contribution is 2.27. The Morgan fingerprint density at radius 3 is 2.67 bits per heavy atom. The van der Waals surface area contributed by atoms with Gasteiger partial charge in [-0.25, -0.2) is 9.37 Å². The fraction of sp³-hybridized carbons (Fsp3) is 0.182. The summed E-state index contributed by atoms with van der Waals surface area (Å²) in [5.74, 6) is 0.725. The zero-order valence-corrected chi connectivity index (χ0v) is 8.54. The van der Waals surface area contributed by atoms with E-state index in [1.165, 1.54) is 18.2 Å². The van der Waals surface area contributed by atoms with Crippen LogP contribution in [0.25, 0.3) is 11.5 Å². The number of anilines is 1. The molecule has 2 aromatic rings. The van der Waals surface area contributed by atoms with Crippen LogP contribution < -0.4 is 5.73 Å². The summed E-state index contributed by atoms with van der Waals surface area (Å²) in [4.78, 5) is 4.17. The van der Waals surface area contributed by atoms with Crippen LogP contribution in [0, 0.1) is 19.7 Å². The standard InChI is InChI=1S/C11H11FN2O/c1-6-7(2)15-11(14-6)9-5-8(12)3-4-10(9)13/h3-5H,13H2,1-2H3. The predicted octanol–water partition coefficient (Wildman–Crippen LogP) is 2.68. The second-order valence-electron chi connectivity index (χ2n) is 3.39. The molecule has 0 spiro atoms. The van der Waals surface area contributed by atoms with Crippen LogP contribution in [-0.4, -0.2) is 4.98 Å².